The minimum atomic E-state index is -0.305. The van der Waals surface area contributed by atoms with Gasteiger partial charge in [-0.15, -0.1) is 0 Å². The summed E-state index contributed by atoms with van der Waals surface area (Å²) in [6.07, 6.45) is 3.24. The van der Waals surface area contributed by atoms with Crippen molar-refractivity contribution in [2.75, 3.05) is 33.0 Å². The number of carbonyl (C=O) groups is 1. The van der Waals surface area contributed by atoms with E-state index in [2.05, 4.69) is 25.5 Å². The summed E-state index contributed by atoms with van der Waals surface area (Å²) >= 11 is 0. The maximum atomic E-state index is 13.2. The summed E-state index contributed by atoms with van der Waals surface area (Å²) in [5.41, 5.74) is 1.35. The molecule has 4 rings (SSSR count). The van der Waals surface area contributed by atoms with Gasteiger partial charge in [0.15, 0.2) is 5.69 Å². The Morgan fingerprint density at radius 2 is 1.96 bits per heavy atom. The normalized spacial score (nSPS) is 27.9. The van der Waals surface area contributed by atoms with E-state index in [-0.39, 0.29) is 17.0 Å². The molecule has 2 saturated heterocycles. The lowest BCUT2D eigenvalue weighted by Gasteiger charge is -2.43. The monoisotopic (exact) mass is 333 g/mol. The van der Waals surface area contributed by atoms with E-state index in [0.29, 0.717) is 44.6 Å². The lowest BCUT2D eigenvalue weighted by molar-refractivity contribution is -0.0553. The highest BCUT2D eigenvalue weighted by molar-refractivity contribution is 5.93. The summed E-state index contributed by atoms with van der Waals surface area (Å²) in [5.74, 6) is 0.584. The van der Waals surface area contributed by atoms with Crippen LogP contribution in [-0.2, 0) is 15.0 Å². The smallest absolute Gasteiger partial charge is 0.275 e. The molecule has 1 amide bonds. The number of carbonyl (C=O) groups excluding carboxylic acids is 1. The van der Waals surface area contributed by atoms with Gasteiger partial charge in [0.05, 0.1) is 30.9 Å². The molecule has 24 heavy (non-hydrogen) atoms. The maximum Gasteiger partial charge on any atom is 0.275 e. The molecule has 3 fully saturated rings. The van der Waals surface area contributed by atoms with Crippen LogP contribution in [0.4, 0.5) is 0 Å². The minimum absolute atomic E-state index is 0.0219. The molecular weight excluding hydrogens is 306 g/mol. The average molecular weight is 333 g/mol. The first kappa shape index (κ1) is 16.1. The van der Waals surface area contributed by atoms with Crippen LogP contribution in [0.25, 0.3) is 0 Å². The van der Waals surface area contributed by atoms with Crippen LogP contribution >= 0.6 is 0 Å². The molecule has 1 aromatic heterocycles. The number of aromatic nitrogens is 2. The number of rotatable bonds is 2. The van der Waals surface area contributed by atoms with Gasteiger partial charge in [-0.1, -0.05) is 0 Å². The van der Waals surface area contributed by atoms with Crippen LogP contribution in [0, 0.1) is 0 Å². The Hall–Kier alpha value is -1.40. The van der Waals surface area contributed by atoms with Crippen molar-refractivity contribution in [2.45, 2.75) is 57.0 Å². The van der Waals surface area contributed by atoms with Crippen LogP contribution in [0.3, 0.4) is 0 Å². The van der Waals surface area contributed by atoms with Crippen LogP contribution in [0.2, 0.25) is 0 Å². The first-order valence-electron chi connectivity index (χ1n) is 8.99. The fourth-order valence-electron chi connectivity index (χ4n) is 3.82. The van der Waals surface area contributed by atoms with E-state index in [9.17, 15) is 4.79 Å². The predicted octanol–water partition coefficient (Wildman–Crippen LogP) is 2.15. The van der Waals surface area contributed by atoms with Crippen molar-refractivity contribution in [3.8, 4) is 0 Å². The van der Waals surface area contributed by atoms with Gasteiger partial charge in [-0.2, -0.15) is 5.10 Å². The van der Waals surface area contributed by atoms with Crippen molar-refractivity contribution in [3.63, 3.8) is 0 Å². The molecule has 1 aliphatic carbocycles. The largest absolute Gasteiger partial charge is 0.379 e. The first-order chi connectivity index (χ1) is 11.4. The predicted molar refractivity (Wildman–Crippen MR) is 89.2 cm³/mol. The van der Waals surface area contributed by atoms with Gasteiger partial charge < -0.3 is 14.4 Å². The van der Waals surface area contributed by atoms with Gasteiger partial charge in [-0.3, -0.25) is 9.48 Å². The zero-order valence-corrected chi connectivity index (χ0v) is 14.9. The average Bonchev–Trinajstić information content (AvgIpc) is 3.11. The fraction of sp³-hybridized carbons (Fsp3) is 0.778. The molecule has 0 radical (unpaired) electrons. The van der Waals surface area contributed by atoms with Gasteiger partial charge in [0, 0.05) is 24.8 Å². The Balaban J connectivity index is 1.66. The molecule has 1 atom stereocenters. The number of ether oxygens (including phenoxy) is 2. The van der Waals surface area contributed by atoms with Crippen LogP contribution in [0.5, 0.6) is 0 Å². The Bertz CT molecular complexity index is 636. The molecule has 0 aromatic carbocycles. The molecule has 1 saturated carbocycles. The summed E-state index contributed by atoms with van der Waals surface area (Å²) in [4.78, 5) is 15.2. The van der Waals surface area contributed by atoms with Gasteiger partial charge in [0.25, 0.3) is 5.91 Å². The Morgan fingerprint density at radius 3 is 2.58 bits per heavy atom. The third-order valence-corrected chi connectivity index (χ3v) is 5.32. The first-order valence-corrected chi connectivity index (χ1v) is 8.99. The summed E-state index contributed by atoms with van der Waals surface area (Å²) in [6, 6.07) is 2.02. The third kappa shape index (κ3) is 2.65. The second-order valence-electron chi connectivity index (χ2n) is 8.35. The minimum Gasteiger partial charge on any atom is -0.379 e. The highest BCUT2D eigenvalue weighted by atomic mass is 16.5. The van der Waals surface area contributed by atoms with Crippen molar-refractivity contribution in [1.82, 2.24) is 14.7 Å². The van der Waals surface area contributed by atoms with Gasteiger partial charge in [0.2, 0.25) is 0 Å². The highest BCUT2D eigenvalue weighted by Crippen LogP contribution is 2.42. The molecule has 3 aliphatic rings. The molecule has 1 aromatic rings. The fourth-order valence-corrected chi connectivity index (χ4v) is 3.82. The zero-order chi connectivity index (χ0) is 16.9. The van der Waals surface area contributed by atoms with Crippen LogP contribution in [0.1, 0.15) is 62.1 Å². The SMILES string of the molecule is CC(C)(C)n1nc(C(=O)N2CCOC[C@]23CCOC3)cc1C1CC1. The molecule has 0 N–H and O–H groups in total. The third-order valence-electron chi connectivity index (χ3n) is 5.32. The molecule has 0 unspecified atom stereocenters. The number of hydrogen-bond acceptors (Lipinski definition) is 4. The molecular formula is C18H27N3O3. The van der Waals surface area contributed by atoms with Crippen LogP contribution in [0.15, 0.2) is 6.07 Å². The number of nitrogens with zero attached hydrogens (tertiary/aromatic N) is 3. The van der Waals surface area contributed by atoms with Crippen LogP contribution < -0.4 is 0 Å². The lowest BCUT2D eigenvalue weighted by Crippen LogP contribution is -2.59. The lowest BCUT2D eigenvalue weighted by atomic mass is 9.95. The summed E-state index contributed by atoms with van der Waals surface area (Å²) < 4.78 is 13.3. The maximum absolute atomic E-state index is 13.2. The van der Waals surface area contributed by atoms with E-state index >= 15 is 0 Å². The van der Waals surface area contributed by atoms with Crippen molar-refractivity contribution in [2.24, 2.45) is 0 Å². The van der Waals surface area contributed by atoms with Gasteiger partial charge >= 0.3 is 0 Å². The number of hydrogen-bond donors (Lipinski definition) is 0. The van der Waals surface area contributed by atoms with Gasteiger partial charge in [0.1, 0.15) is 0 Å². The number of morpholine rings is 1. The van der Waals surface area contributed by atoms with Crippen molar-refractivity contribution in [1.29, 1.82) is 0 Å². The molecule has 1 spiro atoms. The van der Waals surface area contributed by atoms with Crippen molar-refractivity contribution < 1.29 is 14.3 Å². The summed E-state index contributed by atoms with van der Waals surface area (Å²) in [6.45, 7) is 9.44. The second-order valence-corrected chi connectivity index (χ2v) is 8.35. The van der Waals surface area contributed by atoms with E-state index in [1.807, 2.05) is 11.0 Å². The Morgan fingerprint density at radius 1 is 1.25 bits per heavy atom. The molecule has 6 nitrogen and oxygen atoms in total. The zero-order valence-electron chi connectivity index (χ0n) is 14.9. The van der Waals surface area contributed by atoms with Crippen molar-refractivity contribution in [3.05, 3.63) is 17.5 Å². The van der Waals surface area contributed by atoms with E-state index in [4.69, 9.17) is 14.6 Å². The molecule has 0 bridgehead atoms. The summed E-state index contributed by atoms with van der Waals surface area (Å²) in [5, 5.41) is 4.72. The summed E-state index contributed by atoms with van der Waals surface area (Å²) in [7, 11) is 0. The Labute approximate surface area is 143 Å². The van der Waals surface area contributed by atoms with E-state index < -0.39 is 0 Å². The molecule has 6 heteroatoms. The standard InChI is InChI=1S/C18H27N3O3/c1-17(2,3)21-15(13-4-5-13)10-14(19-21)16(22)20-7-9-24-12-18(20)6-8-23-11-18/h10,13H,4-9,11-12H2,1-3H3/t18-/m1/s1. The second kappa shape index (κ2) is 5.56. The van der Waals surface area contributed by atoms with E-state index in [0.717, 1.165) is 6.42 Å². The highest BCUT2D eigenvalue weighted by Gasteiger charge is 2.46. The van der Waals surface area contributed by atoms with E-state index in [1.54, 1.807) is 0 Å². The molecule has 2 aliphatic heterocycles. The number of amides is 1. The molecule has 3 heterocycles. The van der Waals surface area contributed by atoms with Crippen LogP contribution in [-0.4, -0.2) is 59.1 Å². The molecule has 132 valence electrons. The van der Waals surface area contributed by atoms with Gasteiger partial charge in [-0.05, 0) is 46.1 Å². The van der Waals surface area contributed by atoms with Crippen molar-refractivity contribution >= 4 is 5.91 Å². The Kier molecular flexibility index (Phi) is 3.73. The van der Waals surface area contributed by atoms with E-state index in [1.165, 1.54) is 18.5 Å². The quantitative estimate of drug-likeness (QED) is 0.832. The topological polar surface area (TPSA) is 56.6 Å². The van der Waals surface area contributed by atoms with Gasteiger partial charge in [-0.25, -0.2) is 0 Å².